The summed E-state index contributed by atoms with van der Waals surface area (Å²) in [5.41, 5.74) is 6.10. The maximum Gasteiger partial charge on any atom is 0.247 e. The lowest BCUT2D eigenvalue weighted by Gasteiger charge is -2.26. The Hall–Kier alpha value is -1.47. The van der Waals surface area contributed by atoms with E-state index in [1.807, 2.05) is 20.8 Å². The molecule has 0 saturated heterocycles. The molecular weight excluding hydrogens is 292 g/mol. The minimum atomic E-state index is -3.68. The number of methoxy groups -OCH3 is 2. The third-order valence-corrected chi connectivity index (χ3v) is 5.22. The van der Waals surface area contributed by atoms with Crippen LogP contribution in [0.4, 0.5) is 5.69 Å². The number of benzene rings is 1. The number of sulfonamides is 1. The molecule has 0 heterocycles. The molecule has 0 bridgehead atoms. The van der Waals surface area contributed by atoms with Gasteiger partial charge in [0.1, 0.15) is 16.4 Å². The van der Waals surface area contributed by atoms with Crippen molar-refractivity contribution >= 4 is 15.7 Å². The second-order valence-corrected chi connectivity index (χ2v) is 6.81. The number of anilines is 1. The molecule has 0 radical (unpaired) electrons. The highest BCUT2D eigenvalue weighted by Crippen LogP contribution is 2.35. The lowest BCUT2D eigenvalue weighted by Crippen LogP contribution is -2.37. The van der Waals surface area contributed by atoms with Gasteiger partial charge in [-0.2, -0.15) is 4.31 Å². The van der Waals surface area contributed by atoms with Crippen LogP contribution in [0.15, 0.2) is 17.0 Å². The van der Waals surface area contributed by atoms with Gasteiger partial charge in [-0.15, -0.1) is 0 Å². The van der Waals surface area contributed by atoms with Crippen LogP contribution in [0.2, 0.25) is 0 Å². The highest BCUT2D eigenvalue weighted by Gasteiger charge is 2.30. The standard InChI is InChI=1S/C14H24N2O4S/c1-6-7-16(10(2)3)21(17,18)14-8-11(15)12(19-4)9-13(14)20-5/h8-10H,6-7,15H2,1-5H3. The van der Waals surface area contributed by atoms with Gasteiger partial charge in [0.15, 0.2) is 0 Å². The Labute approximate surface area is 126 Å². The van der Waals surface area contributed by atoms with Gasteiger partial charge in [-0.25, -0.2) is 8.42 Å². The Morgan fingerprint density at radius 1 is 1.19 bits per heavy atom. The zero-order valence-corrected chi connectivity index (χ0v) is 14.0. The summed E-state index contributed by atoms with van der Waals surface area (Å²) in [5.74, 6) is 0.611. The van der Waals surface area contributed by atoms with Crippen LogP contribution < -0.4 is 15.2 Å². The van der Waals surface area contributed by atoms with Gasteiger partial charge in [-0.05, 0) is 26.3 Å². The van der Waals surface area contributed by atoms with E-state index in [9.17, 15) is 8.42 Å². The second-order valence-electron chi connectivity index (χ2n) is 4.95. The van der Waals surface area contributed by atoms with Gasteiger partial charge >= 0.3 is 0 Å². The molecule has 7 heteroatoms. The van der Waals surface area contributed by atoms with E-state index < -0.39 is 10.0 Å². The highest BCUT2D eigenvalue weighted by atomic mass is 32.2. The second kappa shape index (κ2) is 7.00. The Morgan fingerprint density at radius 3 is 2.19 bits per heavy atom. The first-order chi connectivity index (χ1) is 9.79. The highest BCUT2D eigenvalue weighted by molar-refractivity contribution is 7.89. The van der Waals surface area contributed by atoms with Crippen LogP contribution in [0.1, 0.15) is 27.2 Å². The van der Waals surface area contributed by atoms with Crippen LogP contribution in [0, 0.1) is 0 Å². The summed E-state index contributed by atoms with van der Waals surface area (Å²) in [6.45, 7) is 6.05. The van der Waals surface area contributed by atoms with Gasteiger partial charge < -0.3 is 15.2 Å². The summed E-state index contributed by atoms with van der Waals surface area (Å²) in [5, 5.41) is 0. The number of ether oxygens (including phenoxy) is 2. The molecule has 21 heavy (non-hydrogen) atoms. The van der Waals surface area contributed by atoms with Crippen LogP contribution in [-0.2, 0) is 10.0 Å². The van der Waals surface area contributed by atoms with Crippen molar-refractivity contribution in [2.24, 2.45) is 0 Å². The van der Waals surface area contributed by atoms with Crippen LogP contribution in [0.5, 0.6) is 11.5 Å². The predicted octanol–water partition coefficient (Wildman–Crippen LogP) is 2.10. The number of hydrogen-bond donors (Lipinski definition) is 1. The molecule has 0 aromatic heterocycles. The molecule has 0 spiro atoms. The third kappa shape index (κ3) is 3.59. The van der Waals surface area contributed by atoms with Crippen molar-refractivity contribution in [2.45, 2.75) is 38.1 Å². The lowest BCUT2D eigenvalue weighted by atomic mass is 10.3. The van der Waals surface area contributed by atoms with Crippen molar-refractivity contribution < 1.29 is 17.9 Å². The molecule has 1 aromatic rings. The fraction of sp³-hybridized carbons (Fsp3) is 0.571. The molecule has 2 N–H and O–H groups in total. The molecule has 0 aliphatic heterocycles. The summed E-state index contributed by atoms with van der Waals surface area (Å²) >= 11 is 0. The lowest BCUT2D eigenvalue weighted by molar-refractivity contribution is 0.348. The summed E-state index contributed by atoms with van der Waals surface area (Å²) in [7, 11) is -0.791. The van der Waals surface area contributed by atoms with Gasteiger partial charge in [0.25, 0.3) is 0 Å². The van der Waals surface area contributed by atoms with E-state index >= 15 is 0 Å². The monoisotopic (exact) mass is 316 g/mol. The van der Waals surface area contributed by atoms with Crippen molar-refractivity contribution in [3.8, 4) is 11.5 Å². The average molecular weight is 316 g/mol. The SMILES string of the molecule is CCCN(C(C)C)S(=O)(=O)c1cc(N)c(OC)cc1OC. The fourth-order valence-electron chi connectivity index (χ4n) is 2.10. The average Bonchev–Trinajstić information content (AvgIpc) is 2.43. The van der Waals surface area contributed by atoms with Gasteiger partial charge in [-0.3, -0.25) is 0 Å². The van der Waals surface area contributed by atoms with Crippen LogP contribution >= 0.6 is 0 Å². The minimum Gasteiger partial charge on any atom is -0.495 e. The Kier molecular flexibility index (Phi) is 5.86. The number of nitrogen functional groups attached to an aromatic ring is 1. The van der Waals surface area contributed by atoms with Gasteiger partial charge in [-0.1, -0.05) is 6.92 Å². The normalized spacial score (nSPS) is 12.0. The molecule has 0 aliphatic rings. The minimum absolute atomic E-state index is 0.0606. The first-order valence-corrected chi connectivity index (χ1v) is 8.26. The van der Waals surface area contributed by atoms with Crippen molar-refractivity contribution in [1.29, 1.82) is 0 Å². The summed E-state index contributed by atoms with van der Waals surface area (Å²) in [6.07, 6.45) is 0.728. The molecule has 0 amide bonds. The van der Waals surface area contributed by atoms with Crippen LogP contribution in [0.3, 0.4) is 0 Å². The number of hydrogen-bond acceptors (Lipinski definition) is 5. The van der Waals surface area contributed by atoms with E-state index in [0.29, 0.717) is 12.3 Å². The van der Waals surface area contributed by atoms with E-state index in [-0.39, 0.29) is 22.4 Å². The Bertz CT molecular complexity index is 585. The van der Waals surface area contributed by atoms with Crippen molar-refractivity contribution in [3.63, 3.8) is 0 Å². The van der Waals surface area contributed by atoms with Crippen LogP contribution in [0.25, 0.3) is 0 Å². The molecule has 120 valence electrons. The topological polar surface area (TPSA) is 81.9 Å². The molecule has 0 aliphatic carbocycles. The maximum atomic E-state index is 12.8. The zero-order chi connectivity index (χ0) is 16.2. The quantitative estimate of drug-likeness (QED) is 0.779. The van der Waals surface area contributed by atoms with E-state index in [2.05, 4.69) is 0 Å². The molecule has 0 saturated carbocycles. The number of nitrogens with zero attached hydrogens (tertiary/aromatic N) is 1. The van der Waals surface area contributed by atoms with Gasteiger partial charge in [0.2, 0.25) is 10.0 Å². The predicted molar refractivity (Wildman–Crippen MR) is 83.3 cm³/mol. The van der Waals surface area contributed by atoms with E-state index in [0.717, 1.165) is 6.42 Å². The maximum absolute atomic E-state index is 12.8. The third-order valence-electron chi connectivity index (χ3n) is 3.12. The molecule has 6 nitrogen and oxygen atoms in total. The first kappa shape index (κ1) is 17.6. The van der Waals surface area contributed by atoms with Gasteiger partial charge in [0, 0.05) is 18.7 Å². The van der Waals surface area contributed by atoms with Crippen molar-refractivity contribution in [2.75, 3.05) is 26.5 Å². The van der Waals surface area contributed by atoms with E-state index in [4.69, 9.17) is 15.2 Å². The first-order valence-electron chi connectivity index (χ1n) is 6.82. The summed E-state index contributed by atoms with van der Waals surface area (Å²) in [6, 6.07) is 2.73. The van der Waals surface area contributed by atoms with Crippen molar-refractivity contribution in [3.05, 3.63) is 12.1 Å². The summed E-state index contributed by atoms with van der Waals surface area (Å²) < 4.78 is 37.4. The van der Waals surface area contributed by atoms with Crippen LogP contribution in [-0.4, -0.2) is 39.5 Å². The Morgan fingerprint density at radius 2 is 1.76 bits per heavy atom. The van der Waals surface area contributed by atoms with E-state index in [1.54, 1.807) is 0 Å². The number of nitrogens with two attached hydrogens (primary N) is 1. The zero-order valence-electron chi connectivity index (χ0n) is 13.2. The molecule has 1 aromatic carbocycles. The van der Waals surface area contributed by atoms with E-state index in [1.165, 1.54) is 30.7 Å². The van der Waals surface area contributed by atoms with Crippen molar-refractivity contribution in [1.82, 2.24) is 4.31 Å². The van der Waals surface area contributed by atoms with Gasteiger partial charge in [0.05, 0.1) is 19.9 Å². The fourth-order valence-corrected chi connectivity index (χ4v) is 4.00. The largest absolute Gasteiger partial charge is 0.495 e. The molecule has 0 atom stereocenters. The molecule has 1 rings (SSSR count). The number of rotatable bonds is 7. The smallest absolute Gasteiger partial charge is 0.247 e. The molecular formula is C14H24N2O4S. The molecule has 0 unspecified atom stereocenters. The molecule has 0 fully saturated rings. The Balaban J connectivity index is 3.46. The summed E-state index contributed by atoms with van der Waals surface area (Å²) in [4.78, 5) is 0.0606.